The van der Waals surface area contributed by atoms with E-state index in [-0.39, 0.29) is 18.0 Å². The van der Waals surface area contributed by atoms with Crippen molar-refractivity contribution in [3.63, 3.8) is 0 Å². The Morgan fingerprint density at radius 2 is 1.86 bits per heavy atom. The zero-order chi connectivity index (χ0) is 15.3. The number of hydrogen-bond donors (Lipinski definition) is 1. The Morgan fingerprint density at radius 3 is 2.52 bits per heavy atom. The Morgan fingerprint density at radius 1 is 1.14 bits per heavy atom. The quantitative estimate of drug-likeness (QED) is 0.834. The second-order valence-electron chi connectivity index (χ2n) is 4.52. The van der Waals surface area contributed by atoms with Crippen LogP contribution in [0.1, 0.15) is 5.56 Å². The van der Waals surface area contributed by atoms with Crippen LogP contribution in [-0.2, 0) is 10.0 Å². The lowest BCUT2D eigenvalue weighted by Gasteiger charge is -2.09. The molecule has 0 bridgehead atoms. The first-order valence-electron chi connectivity index (χ1n) is 6.42. The van der Waals surface area contributed by atoms with Gasteiger partial charge in [0.15, 0.2) is 0 Å². The predicted molar refractivity (Wildman–Crippen MR) is 78.3 cm³/mol. The Labute approximate surface area is 123 Å². The van der Waals surface area contributed by atoms with Gasteiger partial charge >= 0.3 is 0 Å². The summed E-state index contributed by atoms with van der Waals surface area (Å²) in [6, 6.07) is 12.2. The van der Waals surface area contributed by atoms with E-state index in [0.29, 0.717) is 5.75 Å². The molecule has 4 nitrogen and oxygen atoms in total. The molecular formula is C15H16FNO3S. The molecule has 2 rings (SSSR count). The predicted octanol–water partition coefficient (Wildman–Crippen LogP) is 2.49. The van der Waals surface area contributed by atoms with Gasteiger partial charge in [0.1, 0.15) is 18.2 Å². The molecule has 0 saturated carbocycles. The van der Waals surface area contributed by atoms with Crippen LogP contribution in [0.25, 0.3) is 0 Å². The minimum absolute atomic E-state index is 0.0273. The summed E-state index contributed by atoms with van der Waals surface area (Å²) >= 11 is 0. The summed E-state index contributed by atoms with van der Waals surface area (Å²) in [5, 5.41) is 0. The molecule has 0 saturated heterocycles. The Hall–Kier alpha value is -1.92. The Balaban J connectivity index is 1.86. The number of halogens is 1. The van der Waals surface area contributed by atoms with Crippen LogP contribution >= 0.6 is 0 Å². The van der Waals surface area contributed by atoms with Gasteiger partial charge in [-0.1, -0.05) is 12.1 Å². The molecule has 0 aliphatic rings. The van der Waals surface area contributed by atoms with Crippen LogP contribution in [-0.4, -0.2) is 21.6 Å². The van der Waals surface area contributed by atoms with Gasteiger partial charge in [-0.3, -0.25) is 0 Å². The standard InChI is InChI=1S/C15H16FNO3S/c1-12-3-2-4-14(11-12)20-10-9-17-21(18,19)15-7-5-13(16)6-8-15/h2-8,11,17H,9-10H2,1H3. The van der Waals surface area contributed by atoms with Crippen molar-refractivity contribution in [2.75, 3.05) is 13.2 Å². The zero-order valence-electron chi connectivity index (χ0n) is 11.5. The number of hydrogen-bond acceptors (Lipinski definition) is 3. The highest BCUT2D eigenvalue weighted by Crippen LogP contribution is 2.12. The lowest BCUT2D eigenvalue weighted by Crippen LogP contribution is -2.28. The highest BCUT2D eigenvalue weighted by atomic mass is 32.2. The van der Waals surface area contributed by atoms with Crippen LogP contribution in [0.2, 0.25) is 0 Å². The Bertz CT molecular complexity index is 699. The van der Waals surface area contributed by atoms with Gasteiger partial charge in [-0.2, -0.15) is 0 Å². The van der Waals surface area contributed by atoms with E-state index in [4.69, 9.17) is 4.74 Å². The highest BCUT2D eigenvalue weighted by Gasteiger charge is 2.13. The van der Waals surface area contributed by atoms with Crippen molar-refractivity contribution in [2.45, 2.75) is 11.8 Å². The monoisotopic (exact) mass is 309 g/mol. The second kappa shape index (κ2) is 6.69. The first-order valence-corrected chi connectivity index (χ1v) is 7.90. The van der Waals surface area contributed by atoms with E-state index in [1.807, 2.05) is 31.2 Å². The fraction of sp³-hybridized carbons (Fsp3) is 0.200. The van der Waals surface area contributed by atoms with Crippen molar-refractivity contribution in [3.05, 3.63) is 59.9 Å². The lowest BCUT2D eigenvalue weighted by molar-refractivity contribution is 0.322. The van der Waals surface area contributed by atoms with Gasteiger partial charge in [0.05, 0.1) is 4.90 Å². The number of rotatable bonds is 6. The molecule has 0 atom stereocenters. The number of sulfonamides is 1. The van der Waals surface area contributed by atoms with Gasteiger partial charge in [0, 0.05) is 6.54 Å². The fourth-order valence-corrected chi connectivity index (χ4v) is 2.76. The molecule has 0 aromatic heterocycles. The van der Waals surface area contributed by atoms with Gasteiger partial charge in [0.2, 0.25) is 10.0 Å². The molecule has 0 heterocycles. The first kappa shape index (κ1) is 15.5. The van der Waals surface area contributed by atoms with Crippen LogP contribution in [0.4, 0.5) is 4.39 Å². The number of aryl methyl sites for hydroxylation is 1. The lowest BCUT2D eigenvalue weighted by atomic mass is 10.2. The van der Waals surface area contributed by atoms with Crippen molar-refractivity contribution >= 4 is 10.0 Å². The van der Waals surface area contributed by atoms with Gasteiger partial charge in [0.25, 0.3) is 0 Å². The van der Waals surface area contributed by atoms with Crippen molar-refractivity contribution in [3.8, 4) is 5.75 Å². The minimum Gasteiger partial charge on any atom is -0.492 e. The molecule has 0 fully saturated rings. The third-order valence-corrected chi connectivity index (χ3v) is 4.25. The summed E-state index contributed by atoms with van der Waals surface area (Å²) in [5.41, 5.74) is 1.07. The molecule has 0 spiro atoms. The van der Waals surface area contributed by atoms with E-state index in [9.17, 15) is 12.8 Å². The number of benzene rings is 2. The molecule has 6 heteroatoms. The maximum absolute atomic E-state index is 12.8. The van der Waals surface area contributed by atoms with E-state index < -0.39 is 15.8 Å². The zero-order valence-corrected chi connectivity index (χ0v) is 12.4. The normalized spacial score (nSPS) is 11.3. The SMILES string of the molecule is Cc1cccc(OCCNS(=O)(=O)c2ccc(F)cc2)c1. The van der Waals surface area contributed by atoms with E-state index in [0.717, 1.165) is 17.7 Å². The summed E-state index contributed by atoms with van der Waals surface area (Å²) in [6.45, 7) is 2.29. The van der Waals surface area contributed by atoms with E-state index in [1.54, 1.807) is 0 Å². The smallest absolute Gasteiger partial charge is 0.240 e. The summed E-state index contributed by atoms with van der Waals surface area (Å²) in [4.78, 5) is 0.0273. The third kappa shape index (κ3) is 4.54. The molecular weight excluding hydrogens is 293 g/mol. The molecule has 0 aliphatic heterocycles. The summed E-state index contributed by atoms with van der Waals surface area (Å²) in [7, 11) is -3.64. The van der Waals surface area contributed by atoms with Crippen molar-refractivity contribution in [1.29, 1.82) is 0 Å². The van der Waals surface area contributed by atoms with Crippen LogP contribution in [0.3, 0.4) is 0 Å². The molecule has 2 aromatic rings. The molecule has 112 valence electrons. The summed E-state index contributed by atoms with van der Waals surface area (Å²) < 4.78 is 44.5. The van der Waals surface area contributed by atoms with Gasteiger partial charge in [-0.25, -0.2) is 17.5 Å². The first-order chi connectivity index (χ1) is 9.97. The van der Waals surface area contributed by atoms with E-state index in [1.165, 1.54) is 12.1 Å². The van der Waals surface area contributed by atoms with Crippen molar-refractivity contribution in [2.24, 2.45) is 0 Å². The highest BCUT2D eigenvalue weighted by molar-refractivity contribution is 7.89. The van der Waals surface area contributed by atoms with Crippen LogP contribution < -0.4 is 9.46 Å². The third-order valence-electron chi connectivity index (χ3n) is 2.78. The fourth-order valence-electron chi connectivity index (χ4n) is 1.75. The average Bonchev–Trinajstić information content (AvgIpc) is 2.44. The van der Waals surface area contributed by atoms with Gasteiger partial charge in [-0.05, 0) is 48.9 Å². The summed E-state index contributed by atoms with van der Waals surface area (Å²) in [5.74, 6) is 0.215. The van der Waals surface area contributed by atoms with Gasteiger partial charge < -0.3 is 4.74 Å². The molecule has 21 heavy (non-hydrogen) atoms. The largest absolute Gasteiger partial charge is 0.492 e. The molecule has 1 N–H and O–H groups in total. The van der Waals surface area contributed by atoms with E-state index in [2.05, 4.69) is 4.72 Å². The van der Waals surface area contributed by atoms with Crippen LogP contribution in [0.5, 0.6) is 5.75 Å². The molecule has 0 radical (unpaired) electrons. The molecule has 0 amide bonds. The van der Waals surface area contributed by atoms with Crippen LogP contribution in [0.15, 0.2) is 53.4 Å². The maximum atomic E-state index is 12.8. The van der Waals surface area contributed by atoms with Gasteiger partial charge in [-0.15, -0.1) is 0 Å². The van der Waals surface area contributed by atoms with E-state index >= 15 is 0 Å². The number of nitrogens with one attached hydrogen (secondary N) is 1. The van der Waals surface area contributed by atoms with Crippen LogP contribution in [0, 0.1) is 12.7 Å². The maximum Gasteiger partial charge on any atom is 0.240 e. The molecule has 0 aliphatic carbocycles. The summed E-state index contributed by atoms with van der Waals surface area (Å²) in [6.07, 6.45) is 0. The minimum atomic E-state index is -3.64. The number of ether oxygens (including phenoxy) is 1. The average molecular weight is 309 g/mol. The van der Waals surface area contributed by atoms with Crippen molar-refractivity contribution in [1.82, 2.24) is 4.72 Å². The topological polar surface area (TPSA) is 55.4 Å². The molecule has 2 aromatic carbocycles. The van der Waals surface area contributed by atoms with Crippen molar-refractivity contribution < 1.29 is 17.5 Å². The molecule has 0 unspecified atom stereocenters. The second-order valence-corrected chi connectivity index (χ2v) is 6.28. The Kier molecular flexibility index (Phi) is 4.93.